The maximum Gasteiger partial charge on any atom is 0.217 e. The van der Waals surface area contributed by atoms with E-state index >= 15 is 0 Å². The third kappa shape index (κ3) is 1.58. The number of nitrogens with zero attached hydrogens (tertiary/aromatic N) is 1. The van der Waals surface area contributed by atoms with Crippen LogP contribution in [0.1, 0.15) is 33.2 Å². The van der Waals surface area contributed by atoms with Gasteiger partial charge in [-0.15, -0.1) is 11.3 Å². The minimum atomic E-state index is 0.219. The van der Waals surface area contributed by atoms with Crippen LogP contribution < -0.4 is 0 Å². The van der Waals surface area contributed by atoms with Crippen molar-refractivity contribution in [1.82, 2.24) is 0 Å². The van der Waals surface area contributed by atoms with E-state index in [2.05, 4.69) is 43.5 Å². The molecule has 3 heteroatoms. The SMILES string of the molecule is Cc1cccc(C)c1C1=N[C@H]2c3sccc3C[C@H]2O1. The normalized spacial score (nSPS) is 23.8. The van der Waals surface area contributed by atoms with Gasteiger partial charge in [0, 0.05) is 16.9 Å². The molecule has 1 aromatic heterocycles. The molecule has 0 radical (unpaired) electrons. The predicted octanol–water partition coefficient (Wildman–Crippen LogP) is 3.81. The summed E-state index contributed by atoms with van der Waals surface area (Å²) < 4.78 is 6.13. The van der Waals surface area contributed by atoms with Crippen LogP contribution in [0.2, 0.25) is 0 Å². The van der Waals surface area contributed by atoms with Crippen molar-refractivity contribution >= 4 is 17.2 Å². The standard InChI is InChI=1S/C16H15NOS/c1-9-4-3-5-10(2)13(9)16-17-14-12(18-16)8-11-6-7-19-15(11)14/h3-7,12,14H,8H2,1-2H3/t12-,14-/m1/s1. The third-order valence-corrected chi connectivity index (χ3v) is 5.07. The summed E-state index contributed by atoms with van der Waals surface area (Å²) in [5.74, 6) is 0.838. The number of benzene rings is 1. The number of rotatable bonds is 1. The molecule has 0 amide bonds. The van der Waals surface area contributed by atoms with Gasteiger partial charge in [0.1, 0.15) is 12.1 Å². The molecule has 0 N–H and O–H groups in total. The van der Waals surface area contributed by atoms with Gasteiger partial charge in [0.15, 0.2) is 0 Å². The molecule has 2 nitrogen and oxygen atoms in total. The molecule has 0 fully saturated rings. The largest absolute Gasteiger partial charge is 0.471 e. The molecule has 0 spiro atoms. The Morgan fingerprint density at radius 1 is 1.21 bits per heavy atom. The van der Waals surface area contributed by atoms with Crippen LogP contribution in [0.4, 0.5) is 0 Å². The lowest BCUT2D eigenvalue weighted by molar-refractivity contribution is 0.207. The highest BCUT2D eigenvalue weighted by atomic mass is 32.1. The summed E-state index contributed by atoms with van der Waals surface area (Å²) in [7, 11) is 0. The average molecular weight is 269 g/mol. The Morgan fingerprint density at radius 2 is 2.00 bits per heavy atom. The molecule has 0 bridgehead atoms. The molecule has 1 aliphatic heterocycles. The molecule has 1 aliphatic carbocycles. The number of fused-ring (bicyclic) bond motifs is 3. The van der Waals surface area contributed by atoms with Crippen molar-refractivity contribution in [3.8, 4) is 0 Å². The molecule has 4 rings (SSSR count). The van der Waals surface area contributed by atoms with Crippen LogP contribution in [0.15, 0.2) is 34.6 Å². The molecular formula is C16H15NOS. The van der Waals surface area contributed by atoms with Crippen LogP contribution in [-0.2, 0) is 11.2 Å². The predicted molar refractivity (Wildman–Crippen MR) is 78.1 cm³/mol. The maximum atomic E-state index is 6.13. The topological polar surface area (TPSA) is 21.6 Å². The molecule has 0 unspecified atom stereocenters. The lowest BCUT2D eigenvalue weighted by atomic mass is 10.0. The van der Waals surface area contributed by atoms with Crippen LogP contribution >= 0.6 is 11.3 Å². The fourth-order valence-corrected chi connectivity index (χ4v) is 4.12. The maximum absolute atomic E-state index is 6.13. The Labute approximate surface area is 116 Å². The Kier molecular flexibility index (Phi) is 2.33. The summed E-state index contributed by atoms with van der Waals surface area (Å²) in [5, 5.41) is 2.16. The van der Waals surface area contributed by atoms with Crippen molar-refractivity contribution in [1.29, 1.82) is 0 Å². The van der Waals surface area contributed by atoms with Gasteiger partial charge in [-0.3, -0.25) is 0 Å². The Bertz CT molecular complexity index is 666. The minimum absolute atomic E-state index is 0.219. The van der Waals surface area contributed by atoms with E-state index < -0.39 is 0 Å². The van der Waals surface area contributed by atoms with Crippen LogP contribution in [0.25, 0.3) is 0 Å². The van der Waals surface area contributed by atoms with Gasteiger partial charge in [-0.1, -0.05) is 18.2 Å². The Morgan fingerprint density at radius 3 is 2.79 bits per heavy atom. The van der Waals surface area contributed by atoms with Crippen LogP contribution in [-0.4, -0.2) is 12.0 Å². The van der Waals surface area contributed by atoms with Gasteiger partial charge in [-0.2, -0.15) is 0 Å². The average Bonchev–Trinajstić information content (AvgIpc) is 3.00. The first-order valence-corrected chi connectivity index (χ1v) is 7.49. The van der Waals surface area contributed by atoms with Gasteiger partial charge in [-0.05, 0) is 42.0 Å². The highest BCUT2D eigenvalue weighted by Crippen LogP contribution is 2.43. The van der Waals surface area contributed by atoms with E-state index in [0.29, 0.717) is 0 Å². The molecule has 0 saturated heterocycles. The van der Waals surface area contributed by atoms with E-state index in [9.17, 15) is 0 Å². The van der Waals surface area contributed by atoms with Crippen molar-refractivity contribution in [2.75, 3.05) is 0 Å². The highest BCUT2D eigenvalue weighted by molar-refractivity contribution is 7.10. The zero-order valence-corrected chi connectivity index (χ0v) is 11.8. The molecule has 2 atom stereocenters. The quantitative estimate of drug-likeness (QED) is 0.771. The number of aliphatic imine (C=N–C) groups is 1. The van der Waals surface area contributed by atoms with Gasteiger partial charge in [0.2, 0.25) is 5.90 Å². The molecule has 2 aromatic rings. The van der Waals surface area contributed by atoms with Crippen molar-refractivity contribution < 1.29 is 4.74 Å². The zero-order chi connectivity index (χ0) is 13.0. The fraction of sp³-hybridized carbons (Fsp3) is 0.312. The lowest BCUT2D eigenvalue weighted by Crippen LogP contribution is -2.15. The summed E-state index contributed by atoms with van der Waals surface area (Å²) in [6.45, 7) is 4.25. The van der Waals surface area contributed by atoms with Crippen LogP contribution in [0.3, 0.4) is 0 Å². The molecule has 2 aliphatic rings. The smallest absolute Gasteiger partial charge is 0.217 e. The first-order valence-electron chi connectivity index (χ1n) is 6.61. The van der Waals surface area contributed by atoms with E-state index in [1.807, 2.05) is 11.3 Å². The summed E-state index contributed by atoms with van der Waals surface area (Å²) in [5.41, 5.74) is 5.08. The number of ether oxygens (including phenoxy) is 1. The number of hydrogen-bond donors (Lipinski definition) is 0. The Hall–Kier alpha value is -1.61. The van der Waals surface area contributed by atoms with E-state index in [0.717, 1.165) is 12.3 Å². The van der Waals surface area contributed by atoms with Gasteiger partial charge >= 0.3 is 0 Å². The monoisotopic (exact) mass is 269 g/mol. The zero-order valence-electron chi connectivity index (χ0n) is 11.0. The minimum Gasteiger partial charge on any atom is -0.471 e. The van der Waals surface area contributed by atoms with Gasteiger partial charge in [0.05, 0.1) is 0 Å². The van der Waals surface area contributed by atoms with Crippen LogP contribution in [0.5, 0.6) is 0 Å². The van der Waals surface area contributed by atoms with E-state index in [1.165, 1.54) is 27.1 Å². The molecule has 1 aromatic carbocycles. The summed E-state index contributed by atoms with van der Waals surface area (Å²) >= 11 is 1.81. The fourth-order valence-electron chi connectivity index (χ4n) is 3.10. The van der Waals surface area contributed by atoms with Crippen molar-refractivity contribution in [3.05, 3.63) is 56.8 Å². The summed E-state index contributed by atoms with van der Waals surface area (Å²) in [4.78, 5) is 6.26. The first kappa shape index (κ1) is 11.2. The summed E-state index contributed by atoms with van der Waals surface area (Å²) in [6, 6.07) is 8.76. The third-order valence-electron chi connectivity index (χ3n) is 4.04. The number of hydrogen-bond acceptors (Lipinski definition) is 3. The van der Waals surface area contributed by atoms with Crippen molar-refractivity contribution in [2.45, 2.75) is 32.4 Å². The van der Waals surface area contributed by atoms with E-state index in [-0.39, 0.29) is 12.1 Å². The summed E-state index contributed by atoms with van der Waals surface area (Å²) in [6.07, 6.45) is 1.22. The highest BCUT2D eigenvalue weighted by Gasteiger charge is 2.41. The Balaban J connectivity index is 1.78. The molecule has 2 heterocycles. The molecular weight excluding hydrogens is 254 g/mol. The van der Waals surface area contributed by atoms with Crippen LogP contribution in [0, 0.1) is 13.8 Å². The molecule has 19 heavy (non-hydrogen) atoms. The lowest BCUT2D eigenvalue weighted by Gasteiger charge is -2.12. The second-order valence-electron chi connectivity index (χ2n) is 5.32. The number of aryl methyl sites for hydroxylation is 2. The van der Waals surface area contributed by atoms with E-state index in [1.54, 1.807) is 0 Å². The second-order valence-corrected chi connectivity index (χ2v) is 6.26. The van der Waals surface area contributed by atoms with Gasteiger partial charge in [-0.25, -0.2) is 4.99 Å². The van der Waals surface area contributed by atoms with Gasteiger partial charge < -0.3 is 4.74 Å². The van der Waals surface area contributed by atoms with E-state index in [4.69, 9.17) is 9.73 Å². The number of thiophene rings is 1. The second kappa shape index (κ2) is 3.94. The first-order chi connectivity index (χ1) is 9.24. The molecule has 96 valence electrons. The van der Waals surface area contributed by atoms with Crippen molar-refractivity contribution in [3.63, 3.8) is 0 Å². The molecule has 0 saturated carbocycles. The van der Waals surface area contributed by atoms with Gasteiger partial charge in [0.25, 0.3) is 0 Å². The van der Waals surface area contributed by atoms with Crippen molar-refractivity contribution in [2.24, 2.45) is 4.99 Å².